The average molecular weight is 203 g/mol. The quantitative estimate of drug-likeness (QED) is 0.485. The Bertz CT molecular complexity index is 105. The Hall–Kier alpha value is 0.220. The van der Waals surface area contributed by atoms with Crippen LogP contribution in [-0.4, -0.2) is 5.33 Å². The minimum Gasteiger partial charge on any atom is -0.103 e. The van der Waals surface area contributed by atoms with Gasteiger partial charge in [0, 0.05) is 5.33 Å². The predicted octanol–water partition coefficient (Wildman–Crippen LogP) is 3.37. The van der Waals surface area contributed by atoms with Crippen LogP contribution in [0.2, 0.25) is 0 Å². The van der Waals surface area contributed by atoms with E-state index in [1.807, 2.05) is 6.08 Å². The second kappa shape index (κ2) is 4.17. The summed E-state index contributed by atoms with van der Waals surface area (Å²) in [5, 5.41) is 1.16. The highest BCUT2D eigenvalue weighted by Crippen LogP contribution is 2.36. The van der Waals surface area contributed by atoms with Crippen molar-refractivity contribution >= 4 is 15.9 Å². The van der Waals surface area contributed by atoms with Crippen LogP contribution in [0.25, 0.3) is 0 Å². The summed E-state index contributed by atoms with van der Waals surface area (Å²) in [4.78, 5) is 0. The first-order valence-corrected chi connectivity index (χ1v) is 5.17. The fourth-order valence-electron chi connectivity index (χ4n) is 1.51. The highest BCUT2D eigenvalue weighted by molar-refractivity contribution is 9.09. The van der Waals surface area contributed by atoms with E-state index in [0.717, 1.165) is 17.2 Å². The first-order valence-electron chi connectivity index (χ1n) is 4.05. The fourth-order valence-corrected chi connectivity index (χ4v) is 2.30. The molecule has 1 atom stereocenters. The van der Waals surface area contributed by atoms with Crippen molar-refractivity contribution < 1.29 is 0 Å². The lowest BCUT2D eigenvalue weighted by atomic mass is 9.75. The summed E-state index contributed by atoms with van der Waals surface area (Å²) in [7, 11) is 0. The van der Waals surface area contributed by atoms with E-state index in [1.165, 1.54) is 25.7 Å². The van der Waals surface area contributed by atoms with E-state index in [0.29, 0.717) is 0 Å². The molecule has 10 heavy (non-hydrogen) atoms. The zero-order valence-electron chi connectivity index (χ0n) is 6.35. The Kier molecular flexibility index (Phi) is 3.47. The first kappa shape index (κ1) is 8.32. The highest BCUT2D eigenvalue weighted by atomic mass is 79.9. The molecule has 0 heterocycles. The number of hydrogen-bond acceptors (Lipinski definition) is 0. The second-order valence-corrected chi connectivity index (χ2v) is 3.78. The van der Waals surface area contributed by atoms with Crippen LogP contribution >= 0.6 is 15.9 Å². The van der Waals surface area contributed by atoms with E-state index in [1.54, 1.807) is 0 Å². The van der Waals surface area contributed by atoms with Gasteiger partial charge in [0.05, 0.1) is 0 Å². The molecule has 0 amide bonds. The maximum Gasteiger partial charge on any atom is 0.00652 e. The summed E-state index contributed by atoms with van der Waals surface area (Å²) >= 11 is 3.54. The van der Waals surface area contributed by atoms with Crippen molar-refractivity contribution in [2.24, 2.45) is 11.8 Å². The van der Waals surface area contributed by atoms with Gasteiger partial charge in [-0.2, -0.15) is 0 Å². The third kappa shape index (κ3) is 1.85. The molecule has 58 valence electrons. The maximum atomic E-state index is 3.77. The summed E-state index contributed by atoms with van der Waals surface area (Å²) in [6.07, 6.45) is 7.58. The minimum absolute atomic E-state index is 0.867. The Balaban J connectivity index is 2.23. The standard InChI is InChI=1S/C9H15Br/c1-2-4-9(7-10)8-5-3-6-8/h2,8-9H,1,3-7H2. The van der Waals surface area contributed by atoms with Crippen LogP contribution in [-0.2, 0) is 0 Å². The number of hydrogen-bond donors (Lipinski definition) is 0. The molecule has 0 aromatic heterocycles. The van der Waals surface area contributed by atoms with Crippen molar-refractivity contribution in [1.82, 2.24) is 0 Å². The van der Waals surface area contributed by atoms with Gasteiger partial charge in [-0.25, -0.2) is 0 Å². The van der Waals surface area contributed by atoms with Crippen molar-refractivity contribution in [3.8, 4) is 0 Å². The molecule has 1 aliphatic carbocycles. The van der Waals surface area contributed by atoms with E-state index >= 15 is 0 Å². The molecule has 0 aromatic rings. The van der Waals surface area contributed by atoms with Crippen molar-refractivity contribution in [3.63, 3.8) is 0 Å². The molecule has 1 saturated carbocycles. The van der Waals surface area contributed by atoms with Gasteiger partial charge in [-0.3, -0.25) is 0 Å². The van der Waals surface area contributed by atoms with Crippen LogP contribution in [0.15, 0.2) is 12.7 Å². The van der Waals surface area contributed by atoms with Crippen molar-refractivity contribution in [3.05, 3.63) is 12.7 Å². The molecule has 0 N–H and O–H groups in total. The Morgan fingerprint density at radius 2 is 2.30 bits per heavy atom. The van der Waals surface area contributed by atoms with Gasteiger partial charge >= 0.3 is 0 Å². The molecule has 1 aliphatic rings. The Morgan fingerprint density at radius 3 is 2.60 bits per heavy atom. The van der Waals surface area contributed by atoms with Crippen molar-refractivity contribution in [2.75, 3.05) is 5.33 Å². The summed E-state index contributed by atoms with van der Waals surface area (Å²) in [6, 6.07) is 0. The molecule has 0 bridgehead atoms. The largest absolute Gasteiger partial charge is 0.103 e. The van der Waals surface area contributed by atoms with Crippen LogP contribution in [0.5, 0.6) is 0 Å². The van der Waals surface area contributed by atoms with Gasteiger partial charge in [0.2, 0.25) is 0 Å². The van der Waals surface area contributed by atoms with Gasteiger partial charge in [-0.05, 0) is 18.3 Å². The highest BCUT2D eigenvalue weighted by Gasteiger charge is 2.24. The van der Waals surface area contributed by atoms with Gasteiger partial charge in [-0.1, -0.05) is 41.3 Å². The van der Waals surface area contributed by atoms with Crippen molar-refractivity contribution in [2.45, 2.75) is 25.7 Å². The summed E-state index contributed by atoms with van der Waals surface area (Å²) < 4.78 is 0. The van der Waals surface area contributed by atoms with Gasteiger partial charge in [0.1, 0.15) is 0 Å². The smallest absolute Gasteiger partial charge is 0.00652 e. The van der Waals surface area contributed by atoms with Gasteiger partial charge < -0.3 is 0 Å². The molecule has 1 heteroatoms. The molecular weight excluding hydrogens is 188 g/mol. The SMILES string of the molecule is C=CCC(CBr)C1CCC1. The molecule has 0 saturated heterocycles. The molecule has 0 spiro atoms. The number of rotatable bonds is 4. The molecule has 1 fully saturated rings. The minimum atomic E-state index is 0.867. The zero-order chi connectivity index (χ0) is 7.40. The molecule has 1 rings (SSSR count). The van der Waals surface area contributed by atoms with Crippen LogP contribution < -0.4 is 0 Å². The third-order valence-corrected chi connectivity index (χ3v) is 3.32. The number of alkyl halides is 1. The van der Waals surface area contributed by atoms with E-state index in [9.17, 15) is 0 Å². The lowest BCUT2D eigenvalue weighted by Crippen LogP contribution is -2.22. The van der Waals surface area contributed by atoms with Crippen LogP contribution in [0, 0.1) is 11.8 Å². The molecule has 0 nitrogen and oxygen atoms in total. The predicted molar refractivity (Wildman–Crippen MR) is 49.4 cm³/mol. The molecule has 0 aromatic carbocycles. The van der Waals surface area contributed by atoms with Crippen LogP contribution in [0.1, 0.15) is 25.7 Å². The van der Waals surface area contributed by atoms with E-state index in [4.69, 9.17) is 0 Å². The molecule has 0 aliphatic heterocycles. The Labute approximate surface area is 71.8 Å². The second-order valence-electron chi connectivity index (χ2n) is 3.13. The fraction of sp³-hybridized carbons (Fsp3) is 0.778. The van der Waals surface area contributed by atoms with Gasteiger partial charge in [0.25, 0.3) is 0 Å². The molecule has 1 unspecified atom stereocenters. The Morgan fingerprint density at radius 1 is 1.60 bits per heavy atom. The maximum absolute atomic E-state index is 3.77. The average Bonchev–Trinajstić information content (AvgIpc) is 1.83. The van der Waals surface area contributed by atoms with E-state index in [-0.39, 0.29) is 0 Å². The number of allylic oxidation sites excluding steroid dienone is 1. The zero-order valence-corrected chi connectivity index (χ0v) is 7.94. The molecular formula is C9H15Br. The van der Waals surface area contributed by atoms with E-state index < -0.39 is 0 Å². The molecule has 0 radical (unpaired) electrons. The van der Waals surface area contributed by atoms with Gasteiger partial charge in [-0.15, -0.1) is 6.58 Å². The lowest BCUT2D eigenvalue weighted by Gasteiger charge is -2.32. The lowest BCUT2D eigenvalue weighted by molar-refractivity contribution is 0.226. The number of halogens is 1. The summed E-state index contributed by atoms with van der Waals surface area (Å²) in [5.41, 5.74) is 0. The van der Waals surface area contributed by atoms with Crippen LogP contribution in [0.3, 0.4) is 0 Å². The first-order chi connectivity index (χ1) is 4.88. The normalized spacial score (nSPS) is 21.7. The monoisotopic (exact) mass is 202 g/mol. The van der Waals surface area contributed by atoms with Crippen LogP contribution in [0.4, 0.5) is 0 Å². The van der Waals surface area contributed by atoms with Gasteiger partial charge in [0.15, 0.2) is 0 Å². The summed E-state index contributed by atoms with van der Waals surface area (Å²) in [6.45, 7) is 3.77. The summed E-state index contributed by atoms with van der Waals surface area (Å²) in [5.74, 6) is 1.86. The topological polar surface area (TPSA) is 0 Å². The van der Waals surface area contributed by atoms with E-state index in [2.05, 4.69) is 22.5 Å². The third-order valence-electron chi connectivity index (χ3n) is 2.48. The van der Waals surface area contributed by atoms with Crippen molar-refractivity contribution in [1.29, 1.82) is 0 Å².